The zero-order valence-corrected chi connectivity index (χ0v) is 12.4. The molecule has 0 bridgehead atoms. The summed E-state index contributed by atoms with van der Waals surface area (Å²) in [7, 11) is 0. The van der Waals surface area contributed by atoms with Gasteiger partial charge in [0.15, 0.2) is 0 Å². The third-order valence-electron chi connectivity index (χ3n) is 3.87. The Labute approximate surface area is 124 Å². The standard InChI is InChI=1S/C16H23F3N2/c1-2-10-20-14-8-12-21(11-5-9-16(17,18)19)15-7-4-3-6-13(14)15/h3-4,6-7,14,20H,2,5,8-12H2,1H3. The van der Waals surface area contributed by atoms with Crippen molar-refractivity contribution in [2.75, 3.05) is 24.5 Å². The Morgan fingerprint density at radius 1 is 1.29 bits per heavy atom. The molecule has 0 aliphatic carbocycles. The van der Waals surface area contributed by atoms with E-state index in [4.69, 9.17) is 0 Å². The molecule has 5 heteroatoms. The second-order valence-corrected chi connectivity index (χ2v) is 5.56. The largest absolute Gasteiger partial charge is 0.389 e. The van der Waals surface area contributed by atoms with Crippen molar-refractivity contribution < 1.29 is 13.2 Å². The zero-order chi connectivity index (χ0) is 15.3. The van der Waals surface area contributed by atoms with E-state index in [1.807, 2.05) is 18.2 Å². The Hall–Kier alpha value is -1.23. The summed E-state index contributed by atoms with van der Waals surface area (Å²) in [6.07, 6.45) is -2.58. The second-order valence-electron chi connectivity index (χ2n) is 5.56. The zero-order valence-electron chi connectivity index (χ0n) is 12.4. The van der Waals surface area contributed by atoms with Gasteiger partial charge in [-0.05, 0) is 37.4 Å². The molecule has 0 aromatic heterocycles. The van der Waals surface area contributed by atoms with Gasteiger partial charge in [-0.1, -0.05) is 25.1 Å². The average molecular weight is 300 g/mol. The van der Waals surface area contributed by atoms with Crippen molar-refractivity contribution in [1.29, 1.82) is 0 Å². The van der Waals surface area contributed by atoms with Crippen LogP contribution in [0.2, 0.25) is 0 Å². The van der Waals surface area contributed by atoms with Crippen LogP contribution in [0.25, 0.3) is 0 Å². The highest BCUT2D eigenvalue weighted by atomic mass is 19.4. The molecule has 0 spiro atoms. The van der Waals surface area contributed by atoms with Crippen LogP contribution >= 0.6 is 0 Å². The Morgan fingerprint density at radius 3 is 2.76 bits per heavy atom. The van der Waals surface area contributed by atoms with Crippen LogP contribution in [0.5, 0.6) is 0 Å². The number of alkyl halides is 3. The molecule has 1 aromatic carbocycles. The minimum absolute atomic E-state index is 0.158. The Balaban J connectivity index is 2.01. The smallest absolute Gasteiger partial charge is 0.371 e. The highest BCUT2D eigenvalue weighted by molar-refractivity contribution is 5.56. The fourth-order valence-corrected chi connectivity index (χ4v) is 2.86. The summed E-state index contributed by atoms with van der Waals surface area (Å²) in [4.78, 5) is 2.09. The van der Waals surface area contributed by atoms with Gasteiger partial charge in [0.2, 0.25) is 0 Å². The molecule has 21 heavy (non-hydrogen) atoms. The van der Waals surface area contributed by atoms with Crippen molar-refractivity contribution in [3.8, 4) is 0 Å². The van der Waals surface area contributed by atoms with Crippen LogP contribution in [0, 0.1) is 0 Å². The summed E-state index contributed by atoms with van der Waals surface area (Å²) in [5.74, 6) is 0. The van der Waals surface area contributed by atoms with Gasteiger partial charge in [0.25, 0.3) is 0 Å². The number of hydrogen-bond acceptors (Lipinski definition) is 2. The average Bonchev–Trinajstić information content (AvgIpc) is 2.45. The minimum Gasteiger partial charge on any atom is -0.371 e. The minimum atomic E-state index is -4.06. The molecular weight excluding hydrogens is 277 g/mol. The van der Waals surface area contributed by atoms with E-state index < -0.39 is 12.6 Å². The van der Waals surface area contributed by atoms with Crippen LogP contribution in [0.4, 0.5) is 18.9 Å². The molecule has 118 valence electrons. The van der Waals surface area contributed by atoms with E-state index in [-0.39, 0.29) is 6.42 Å². The predicted molar refractivity (Wildman–Crippen MR) is 79.6 cm³/mol. The molecule has 0 amide bonds. The van der Waals surface area contributed by atoms with Crippen LogP contribution in [0.3, 0.4) is 0 Å². The number of fused-ring (bicyclic) bond motifs is 1. The summed E-state index contributed by atoms with van der Waals surface area (Å²) < 4.78 is 36.8. The normalized spacial score (nSPS) is 18.7. The molecule has 1 unspecified atom stereocenters. The third-order valence-corrected chi connectivity index (χ3v) is 3.87. The maximum absolute atomic E-state index is 12.3. The van der Waals surface area contributed by atoms with Gasteiger partial charge < -0.3 is 10.2 Å². The second kappa shape index (κ2) is 7.16. The molecule has 2 nitrogen and oxygen atoms in total. The van der Waals surface area contributed by atoms with E-state index in [0.717, 1.165) is 31.6 Å². The molecule has 0 radical (unpaired) electrons. The lowest BCUT2D eigenvalue weighted by atomic mass is 9.96. The van der Waals surface area contributed by atoms with Crippen molar-refractivity contribution in [1.82, 2.24) is 5.32 Å². The van der Waals surface area contributed by atoms with Gasteiger partial charge in [-0.25, -0.2) is 0 Å². The maximum Gasteiger partial charge on any atom is 0.389 e. The SMILES string of the molecule is CCCNC1CCN(CCCC(F)(F)F)c2ccccc21. The lowest BCUT2D eigenvalue weighted by Gasteiger charge is -2.36. The molecule has 1 aliphatic rings. The molecule has 2 rings (SSSR count). The van der Waals surface area contributed by atoms with Crippen molar-refractivity contribution in [2.45, 2.75) is 44.8 Å². The molecular formula is C16H23F3N2. The fourth-order valence-electron chi connectivity index (χ4n) is 2.86. The summed E-state index contributed by atoms with van der Waals surface area (Å²) >= 11 is 0. The summed E-state index contributed by atoms with van der Waals surface area (Å²) in [6, 6.07) is 8.37. The van der Waals surface area contributed by atoms with Crippen molar-refractivity contribution in [3.05, 3.63) is 29.8 Å². The Kier molecular flexibility index (Phi) is 5.51. The summed E-state index contributed by atoms with van der Waals surface area (Å²) in [5.41, 5.74) is 2.30. The van der Waals surface area contributed by atoms with Crippen molar-refractivity contribution >= 4 is 5.69 Å². The molecule has 1 N–H and O–H groups in total. The van der Waals surface area contributed by atoms with E-state index in [1.165, 1.54) is 5.56 Å². The number of nitrogens with one attached hydrogen (secondary N) is 1. The number of para-hydroxylation sites is 1. The Bertz CT molecular complexity index is 445. The number of hydrogen-bond donors (Lipinski definition) is 1. The summed E-state index contributed by atoms with van der Waals surface area (Å²) in [6.45, 7) is 4.38. The molecule has 1 heterocycles. The Morgan fingerprint density at radius 2 is 2.05 bits per heavy atom. The first-order chi connectivity index (χ1) is 10.0. The lowest BCUT2D eigenvalue weighted by Crippen LogP contribution is -2.37. The highest BCUT2D eigenvalue weighted by Crippen LogP contribution is 2.34. The highest BCUT2D eigenvalue weighted by Gasteiger charge is 2.28. The molecule has 1 aliphatic heterocycles. The van der Waals surface area contributed by atoms with Gasteiger partial charge in [-0.15, -0.1) is 0 Å². The number of halogens is 3. The van der Waals surface area contributed by atoms with Gasteiger partial charge in [0.1, 0.15) is 0 Å². The number of rotatable bonds is 6. The molecule has 1 aromatic rings. The first-order valence-corrected chi connectivity index (χ1v) is 7.65. The first kappa shape index (κ1) is 16.1. The van der Waals surface area contributed by atoms with Crippen LogP contribution in [-0.2, 0) is 0 Å². The van der Waals surface area contributed by atoms with E-state index >= 15 is 0 Å². The van der Waals surface area contributed by atoms with Gasteiger partial charge in [0, 0.05) is 31.2 Å². The maximum atomic E-state index is 12.3. The van der Waals surface area contributed by atoms with E-state index in [1.54, 1.807) is 0 Å². The number of nitrogens with zero attached hydrogens (tertiary/aromatic N) is 1. The van der Waals surface area contributed by atoms with E-state index in [2.05, 4.69) is 23.2 Å². The van der Waals surface area contributed by atoms with Crippen molar-refractivity contribution in [2.24, 2.45) is 0 Å². The van der Waals surface area contributed by atoms with Crippen LogP contribution in [0.1, 0.15) is 44.2 Å². The number of anilines is 1. The van der Waals surface area contributed by atoms with Gasteiger partial charge in [-0.3, -0.25) is 0 Å². The van der Waals surface area contributed by atoms with E-state index in [9.17, 15) is 13.2 Å². The van der Waals surface area contributed by atoms with Gasteiger partial charge in [0.05, 0.1) is 0 Å². The van der Waals surface area contributed by atoms with Crippen LogP contribution < -0.4 is 10.2 Å². The molecule has 0 saturated carbocycles. The van der Waals surface area contributed by atoms with Crippen LogP contribution in [0.15, 0.2) is 24.3 Å². The fraction of sp³-hybridized carbons (Fsp3) is 0.625. The summed E-state index contributed by atoms with van der Waals surface area (Å²) in [5, 5.41) is 3.52. The topological polar surface area (TPSA) is 15.3 Å². The van der Waals surface area contributed by atoms with Gasteiger partial charge in [-0.2, -0.15) is 13.2 Å². The molecule has 0 fully saturated rings. The number of benzene rings is 1. The first-order valence-electron chi connectivity index (χ1n) is 7.65. The van der Waals surface area contributed by atoms with Crippen LogP contribution in [-0.4, -0.2) is 25.8 Å². The monoisotopic (exact) mass is 300 g/mol. The van der Waals surface area contributed by atoms with E-state index in [0.29, 0.717) is 12.6 Å². The predicted octanol–water partition coefficient (Wildman–Crippen LogP) is 4.28. The lowest BCUT2D eigenvalue weighted by molar-refractivity contribution is -0.135. The van der Waals surface area contributed by atoms with Gasteiger partial charge >= 0.3 is 6.18 Å². The molecule has 1 atom stereocenters. The molecule has 0 saturated heterocycles. The third kappa shape index (κ3) is 4.63. The quantitative estimate of drug-likeness (QED) is 0.843. The van der Waals surface area contributed by atoms with Crippen molar-refractivity contribution in [3.63, 3.8) is 0 Å².